The number of amides is 1. The van der Waals surface area contributed by atoms with Crippen LogP contribution in [0, 0.1) is 0 Å². The molecule has 0 unspecified atom stereocenters. The molecular weight excluding hydrogens is 348 g/mol. The molecule has 5 heteroatoms. The van der Waals surface area contributed by atoms with Crippen molar-refractivity contribution in [2.24, 2.45) is 0 Å². The molecule has 0 radical (unpaired) electrons. The van der Waals surface area contributed by atoms with Crippen LogP contribution in [-0.4, -0.2) is 78.5 Å². The number of piperidine rings is 1. The Balaban J connectivity index is 1.39. The normalized spacial score (nSPS) is 23.2. The second kappa shape index (κ2) is 10.4. The Hall–Kier alpha value is -1.43. The zero-order valence-electron chi connectivity index (χ0n) is 17.9. The molecule has 0 aromatic heterocycles. The molecule has 2 heterocycles. The number of nitrogens with one attached hydrogen (secondary N) is 1. The first-order chi connectivity index (χ1) is 13.6. The molecule has 1 aromatic carbocycles. The molecular formula is C23H38N4O. The first-order valence-electron chi connectivity index (χ1n) is 11.1. The molecule has 0 aliphatic carbocycles. The van der Waals surface area contributed by atoms with Crippen LogP contribution in [0.4, 0.5) is 0 Å². The third-order valence-corrected chi connectivity index (χ3v) is 6.63. The highest BCUT2D eigenvalue weighted by atomic mass is 16.2. The fourth-order valence-corrected chi connectivity index (χ4v) is 4.61. The van der Waals surface area contributed by atoms with Crippen molar-refractivity contribution >= 4 is 5.91 Å². The molecule has 0 saturated carbocycles. The smallest absolute Gasteiger partial charge is 0.237 e. The van der Waals surface area contributed by atoms with E-state index in [1.165, 1.54) is 24.9 Å². The summed E-state index contributed by atoms with van der Waals surface area (Å²) in [6.07, 6.45) is 4.63. The molecule has 2 atom stereocenters. The van der Waals surface area contributed by atoms with Crippen LogP contribution in [0.2, 0.25) is 0 Å². The predicted molar refractivity (Wildman–Crippen MR) is 115 cm³/mol. The molecule has 1 aromatic rings. The highest BCUT2D eigenvalue weighted by Crippen LogP contribution is 2.18. The Morgan fingerprint density at radius 1 is 1.18 bits per heavy atom. The van der Waals surface area contributed by atoms with Gasteiger partial charge in [0.1, 0.15) is 0 Å². The molecule has 0 spiro atoms. The largest absolute Gasteiger partial charge is 0.352 e. The Bertz CT molecular complexity index is 600. The molecule has 28 heavy (non-hydrogen) atoms. The average Bonchev–Trinajstić information content (AvgIpc) is 3.16. The zero-order chi connectivity index (χ0) is 19.9. The van der Waals surface area contributed by atoms with Crippen LogP contribution < -0.4 is 5.32 Å². The first kappa shape index (κ1) is 21.3. The molecule has 2 aliphatic heterocycles. The van der Waals surface area contributed by atoms with Crippen molar-refractivity contribution in [3.8, 4) is 0 Å². The fraction of sp³-hybridized carbons (Fsp3) is 0.696. The van der Waals surface area contributed by atoms with Crippen LogP contribution in [0.3, 0.4) is 0 Å². The Morgan fingerprint density at radius 2 is 1.89 bits per heavy atom. The van der Waals surface area contributed by atoms with E-state index < -0.39 is 0 Å². The number of hydrogen-bond donors (Lipinski definition) is 1. The van der Waals surface area contributed by atoms with Crippen molar-refractivity contribution in [3.63, 3.8) is 0 Å². The molecule has 2 saturated heterocycles. The van der Waals surface area contributed by atoms with E-state index in [1.807, 2.05) is 6.92 Å². The number of hydrogen-bond acceptors (Lipinski definition) is 4. The third-order valence-electron chi connectivity index (χ3n) is 6.63. The van der Waals surface area contributed by atoms with Gasteiger partial charge in [-0.25, -0.2) is 0 Å². The van der Waals surface area contributed by atoms with E-state index in [-0.39, 0.29) is 11.9 Å². The van der Waals surface area contributed by atoms with Gasteiger partial charge in [0.2, 0.25) is 5.91 Å². The van der Waals surface area contributed by atoms with Gasteiger partial charge in [-0.05, 0) is 58.3 Å². The zero-order valence-corrected chi connectivity index (χ0v) is 17.9. The summed E-state index contributed by atoms with van der Waals surface area (Å²) in [5.74, 6) is 0.185. The highest BCUT2D eigenvalue weighted by Gasteiger charge is 2.28. The number of carbonyl (C=O) groups is 1. The van der Waals surface area contributed by atoms with Gasteiger partial charge in [-0.2, -0.15) is 0 Å². The quantitative estimate of drug-likeness (QED) is 0.745. The number of rotatable bonds is 8. The number of benzene rings is 1. The summed E-state index contributed by atoms with van der Waals surface area (Å²) >= 11 is 0. The Morgan fingerprint density at radius 3 is 2.57 bits per heavy atom. The van der Waals surface area contributed by atoms with Gasteiger partial charge in [0.05, 0.1) is 6.04 Å². The van der Waals surface area contributed by atoms with Crippen LogP contribution in [0.25, 0.3) is 0 Å². The SMILES string of the molecule is CCN1CCC[C@@H]1CN(C)[C@@H](C)C(=O)NC1CCN(Cc2ccccc2)CC1. The van der Waals surface area contributed by atoms with Crippen molar-refractivity contribution in [3.05, 3.63) is 35.9 Å². The Labute approximate surface area is 171 Å². The lowest BCUT2D eigenvalue weighted by atomic mass is 10.0. The highest BCUT2D eigenvalue weighted by molar-refractivity contribution is 5.81. The maximum Gasteiger partial charge on any atom is 0.237 e. The molecule has 156 valence electrons. The van der Waals surface area contributed by atoms with Crippen molar-refractivity contribution in [2.45, 2.75) is 64.2 Å². The molecule has 1 N–H and O–H groups in total. The predicted octanol–water partition coefficient (Wildman–Crippen LogP) is 2.57. The number of carbonyl (C=O) groups excluding carboxylic acids is 1. The van der Waals surface area contributed by atoms with Crippen molar-refractivity contribution in [1.82, 2.24) is 20.0 Å². The second-order valence-corrected chi connectivity index (χ2v) is 8.58. The molecule has 5 nitrogen and oxygen atoms in total. The molecule has 2 aliphatic rings. The van der Waals surface area contributed by atoms with Gasteiger partial charge in [-0.15, -0.1) is 0 Å². The molecule has 1 amide bonds. The van der Waals surface area contributed by atoms with Crippen molar-refractivity contribution in [2.75, 3.05) is 39.8 Å². The summed E-state index contributed by atoms with van der Waals surface area (Å²) in [5, 5.41) is 3.31. The van der Waals surface area contributed by atoms with Gasteiger partial charge in [0.15, 0.2) is 0 Å². The minimum atomic E-state index is -0.0679. The Kier molecular flexibility index (Phi) is 7.89. The van der Waals surface area contributed by atoms with E-state index in [2.05, 4.69) is 64.3 Å². The van der Waals surface area contributed by atoms with Crippen LogP contribution in [0.5, 0.6) is 0 Å². The van der Waals surface area contributed by atoms with Gasteiger partial charge in [-0.3, -0.25) is 19.5 Å². The summed E-state index contributed by atoms with van der Waals surface area (Å²) in [6, 6.07) is 11.5. The van der Waals surface area contributed by atoms with Crippen molar-refractivity contribution < 1.29 is 4.79 Å². The van der Waals surface area contributed by atoms with Crippen LogP contribution in [0.1, 0.15) is 45.1 Å². The molecule has 0 bridgehead atoms. The van der Waals surface area contributed by atoms with E-state index in [4.69, 9.17) is 0 Å². The standard InChI is InChI=1S/C23H38N4O/c1-4-27-14-8-11-22(27)18-25(3)19(2)23(28)24-21-12-15-26(16-13-21)17-20-9-6-5-7-10-20/h5-7,9-10,19,21-22H,4,8,11-18H2,1-3H3,(H,24,28)/t19-,22+/m0/s1. The summed E-state index contributed by atoms with van der Waals surface area (Å²) in [7, 11) is 2.10. The summed E-state index contributed by atoms with van der Waals surface area (Å²) < 4.78 is 0. The van der Waals surface area contributed by atoms with Gasteiger partial charge >= 0.3 is 0 Å². The van der Waals surface area contributed by atoms with E-state index in [1.54, 1.807) is 0 Å². The molecule has 2 fully saturated rings. The minimum Gasteiger partial charge on any atom is -0.352 e. The van der Waals surface area contributed by atoms with Crippen LogP contribution in [-0.2, 0) is 11.3 Å². The maximum atomic E-state index is 12.8. The maximum absolute atomic E-state index is 12.8. The minimum absolute atomic E-state index is 0.0679. The van der Waals surface area contributed by atoms with Crippen molar-refractivity contribution in [1.29, 1.82) is 0 Å². The first-order valence-corrected chi connectivity index (χ1v) is 11.1. The number of likely N-dealkylation sites (N-methyl/N-ethyl adjacent to an activating group) is 2. The van der Waals surface area contributed by atoms with Gasteiger partial charge < -0.3 is 5.32 Å². The third kappa shape index (κ3) is 5.79. The summed E-state index contributed by atoms with van der Waals surface area (Å²) in [6.45, 7) is 10.7. The molecule has 3 rings (SSSR count). The number of likely N-dealkylation sites (tertiary alicyclic amines) is 2. The summed E-state index contributed by atoms with van der Waals surface area (Å²) in [4.78, 5) is 20.0. The monoisotopic (exact) mass is 386 g/mol. The average molecular weight is 387 g/mol. The lowest BCUT2D eigenvalue weighted by Gasteiger charge is -2.34. The van der Waals surface area contributed by atoms with E-state index in [0.717, 1.165) is 45.6 Å². The second-order valence-electron chi connectivity index (χ2n) is 8.58. The fourth-order valence-electron chi connectivity index (χ4n) is 4.61. The van der Waals surface area contributed by atoms with E-state index >= 15 is 0 Å². The lowest BCUT2D eigenvalue weighted by molar-refractivity contribution is -0.126. The van der Waals surface area contributed by atoms with E-state index in [9.17, 15) is 4.79 Å². The topological polar surface area (TPSA) is 38.8 Å². The number of nitrogens with zero attached hydrogens (tertiary/aromatic N) is 3. The lowest BCUT2D eigenvalue weighted by Crippen LogP contribution is -2.52. The van der Waals surface area contributed by atoms with Crippen LogP contribution in [0.15, 0.2) is 30.3 Å². The summed E-state index contributed by atoms with van der Waals surface area (Å²) in [5.41, 5.74) is 1.37. The van der Waals surface area contributed by atoms with Gasteiger partial charge in [-0.1, -0.05) is 37.3 Å². The van der Waals surface area contributed by atoms with E-state index in [0.29, 0.717) is 12.1 Å². The van der Waals surface area contributed by atoms with Crippen LogP contribution >= 0.6 is 0 Å². The van der Waals surface area contributed by atoms with Gasteiger partial charge in [0.25, 0.3) is 0 Å². The van der Waals surface area contributed by atoms with Gasteiger partial charge in [0, 0.05) is 38.3 Å².